The smallest absolute Gasteiger partial charge is 0.243 e. The van der Waals surface area contributed by atoms with Gasteiger partial charge in [0.15, 0.2) is 0 Å². The summed E-state index contributed by atoms with van der Waals surface area (Å²) in [6.07, 6.45) is 3.51. The first-order valence-electron chi connectivity index (χ1n) is 6.67. The molecule has 0 unspecified atom stereocenters. The normalized spacial score (nSPS) is 20.8. The summed E-state index contributed by atoms with van der Waals surface area (Å²) in [4.78, 5) is 11.9. The van der Waals surface area contributed by atoms with Crippen LogP contribution in [0.4, 0.5) is 5.69 Å². The number of benzene rings is 1. The molecule has 1 saturated carbocycles. The van der Waals surface area contributed by atoms with Crippen LogP contribution in [0.3, 0.4) is 0 Å². The van der Waals surface area contributed by atoms with Gasteiger partial charge in [0.05, 0.1) is 0 Å². The highest BCUT2D eigenvalue weighted by atomic mass is 35.5. The van der Waals surface area contributed by atoms with Gasteiger partial charge in [-0.3, -0.25) is 4.79 Å². The van der Waals surface area contributed by atoms with Crippen molar-refractivity contribution in [1.29, 1.82) is 0 Å². The number of carbonyl (C=O) groups is 1. The average Bonchev–Trinajstić information content (AvgIpc) is 2.32. The molecular weight excluding hydrogens is 260 g/mol. The molecule has 0 aliphatic heterocycles. The van der Waals surface area contributed by atoms with Crippen molar-refractivity contribution in [1.82, 2.24) is 0 Å². The largest absolute Gasteiger partial charge is 0.371 e. The summed E-state index contributed by atoms with van der Waals surface area (Å²) >= 11 is 5.98. The van der Waals surface area contributed by atoms with E-state index in [4.69, 9.17) is 17.3 Å². The maximum atomic E-state index is 11.9. The molecule has 4 heteroatoms. The molecule has 19 heavy (non-hydrogen) atoms. The zero-order chi connectivity index (χ0) is 14.1. The minimum absolute atomic E-state index is 0.275. The molecule has 0 bridgehead atoms. The third-order valence-electron chi connectivity index (χ3n) is 4.14. The highest BCUT2D eigenvalue weighted by molar-refractivity contribution is 6.30. The molecule has 1 aliphatic rings. The van der Waals surface area contributed by atoms with Gasteiger partial charge in [0.25, 0.3) is 0 Å². The van der Waals surface area contributed by atoms with Crippen molar-refractivity contribution >= 4 is 23.2 Å². The second-order valence-electron chi connectivity index (χ2n) is 6.25. The average molecular weight is 281 g/mol. The van der Waals surface area contributed by atoms with Gasteiger partial charge in [0.2, 0.25) is 5.91 Å². The van der Waals surface area contributed by atoms with Gasteiger partial charge in [-0.1, -0.05) is 31.5 Å². The van der Waals surface area contributed by atoms with Gasteiger partial charge < -0.3 is 11.1 Å². The van der Waals surface area contributed by atoms with Crippen molar-refractivity contribution < 1.29 is 4.79 Å². The number of halogens is 1. The maximum absolute atomic E-state index is 11.9. The monoisotopic (exact) mass is 280 g/mol. The highest BCUT2D eigenvalue weighted by Gasteiger charge is 2.42. The molecule has 0 radical (unpaired) electrons. The molecule has 3 nitrogen and oxygen atoms in total. The van der Waals surface area contributed by atoms with Crippen molar-refractivity contribution in [3.63, 3.8) is 0 Å². The van der Waals surface area contributed by atoms with Gasteiger partial charge in [-0.05, 0) is 49.3 Å². The number of primary amides is 1. The molecule has 2 rings (SSSR count). The summed E-state index contributed by atoms with van der Waals surface area (Å²) in [5.41, 5.74) is 6.14. The van der Waals surface area contributed by atoms with Gasteiger partial charge in [-0.25, -0.2) is 0 Å². The lowest BCUT2D eigenvalue weighted by atomic mass is 9.69. The molecular formula is C15H21ClN2O. The number of hydrogen-bond acceptors (Lipinski definition) is 2. The third-order valence-corrected chi connectivity index (χ3v) is 4.37. The summed E-state index contributed by atoms with van der Waals surface area (Å²) in [7, 11) is 0. The Hall–Kier alpha value is -1.22. The number of rotatable bonds is 3. The van der Waals surface area contributed by atoms with Crippen molar-refractivity contribution in [3.05, 3.63) is 29.3 Å². The van der Waals surface area contributed by atoms with E-state index >= 15 is 0 Å². The molecule has 0 spiro atoms. The number of nitrogens with two attached hydrogens (primary N) is 1. The summed E-state index contributed by atoms with van der Waals surface area (Å²) in [5, 5.41) is 3.97. The van der Waals surface area contributed by atoms with Crippen molar-refractivity contribution in [2.75, 3.05) is 5.32 Å². The van der Waals surface area contributed by atoms with Crippen LogP contribution in [0.2, 0.25) is 5.02 Å². The Kier molecular flexibility index (Phi) is 3.77. The lowest BCUT2D eigenvalue weighted by Gasteiger charge is -2.42. The van der Waals surface area contributed by atoms with Crippen molar-refractivity contribution in [2.45, 2.75) is 45.1 Å². The van der Waals surface area contributed by atoms with E-state index in [0.717, 1.165) is 31.4 Å². The van der Waals surface area contributed by atoms with E-state index in [0.29, 0.717) is 5.02 Å². The molecule has 1 aromatic rings. The fourth-order valence-corrected chi connectivity index (χ4v) is 2.82. The quantitative estimate of drug-likeness (QED) is 0.889. The van der Waals surface area contributed by atoms with Crippen LogP contribution in [-0.4, -0.2) is 11.4 Å². The van der Waals surface area contributed by atoms with Gasteiger partial charge in [-0.2, -0.15) is 0 Å². The van der Waals surface area contributed by atoms with Crippen LogP contribution in [0, 0.1) is 5.41 Å². The number of nitrogens with one attached hydrogen (secondary N) is 1. The SMILES string of the molecule is CC1(C)CCC(Nc2cccc(Cl)c2)(C(N)=O)CC1. The number of carbonyl (C=O) groups excluding carboxylic acids is 1. The van der Waals surface area contributed by atoms with Crippen molar-refractivity contribution in [2.24, 2.45) is 11.1 Å². The van der Waals surface area contributed by atoms with Gasteiger partial charge >= 0.3 is 0 Å². The molecule has 0 heterocycles. The fraction of sp³-hybridized carbons (Fsp3) is 0.533. The first kappa shape index (κ1) is 14.2. The van der Waals surface area contributed by atoms with Crippen LogP contribution >= 0.6 is 11.6 Å². The second-order valence-corrected chi connectivity index (χ2v) is 6.68. The van der Waals surface area contributed by atoms with Crippen LogP contribution in [-0.2, 0) is 4.79 Å². The molecule has 104 valence electrons. The molecule has 0 aromatic heterocycles. The molecule has 1 fully saturated rings. The Bertz CT molecular complexity index is 475. The number of anilines is 1. The van der Waals surface area contributed by atoms with E-state index in [9.17, 15) is 4.79 Å². The Labute approximate surface area is 119 Å². The summed E-state index contributed by atoms with van der Waals surface area (Å²) in [6, 6.07) is 7.42. The van der Waals surface area contributed by atoms with Gasteiger partial charge in [0, 0.05) is 10.7 Å². The molecule has 1 amide bonds. The van der Waals surface area contributed by atoms with E-state index in [1.54, 1.807) is 0 Å². The third kappa shape index (κ3) is 3.21. The second kappa shape index (κ2) is 5.04. The van der Waals surface area contributed by atoms with Crippen LogP contribution in [0.15, 0.2) is 24.3 Å². The lowest BCUT2D eigenvalue weighted by molar-refractivity contribution is -0.124. The Morgan fingerprint density at radius 1 is 1.26 bits per heavy atom. The zero-order valence-electron chi connectivity index (χ0n) is 11.5. The predicted molar refractivity (Wildman–Crippen MR) is 79.2 cm³/mol. The van der Waals surface area contributed by atoms with Crippen LogP contribution < -0.4 is 11.1 Å². The zero-order valence-corrected chi connectivity index (χ0v) is 12.3. The molecule has 3 N–H and O–H groups in total. The lowest BCUT2D eigenvalue weighted by Crippen LogP contribution is -2.53. The topological polar surface area (TPSA) is 55.1 Å². The Morgan fingerprint density at radius 3 is 2.42 bits per heavy atom. The van der Waals surface area contributed by atoms with E-state index in [1.807, 2.05) is 24.3 Å². The van der Waals surface area contributed by atoms with Crippen LogP contribution in [0.1, 0.15) is 39.5 Å². The molecule has 1 aliphatic carbocycles. The molecule has 1 aromatic carbocycles. The fourth-order valence-electron chi connectivity index (χ4n) is 2.63. The highest BCUT2D eigenvalue weighted by Crippen LogP contribution is 2.41. The first-order chi connectivity index (χ1) is 8.83. The summed E-state index contributed by atoms with van der Waals surface area (Å²) in [5.74, 6) is -0.275. The van der Waals surface area contributed by atoms with E-state index in [-0.39, 0.29) is 11.3 Å². The Balaban J connectivity index is 2.20. The summed E-state index contributed by atoms with van der Waals surface area (Å²) < 4.78 is 0. The summed E-state index contributed by atoms with van der Waals surface area (Å²) in [6.45, 7) is 4.47. The van der Waals surface area contributed by atoms with Gasteiger partial charge in [-0.15, -0.1) is 0 Å². The molecule has 0 atom stereocenters. The first-order valence-corrected chi connectivity index (χ1v) is 7.05. The van der Waals surface area contributed by atoms with Crippen LogP contribution in [0.25, 0.3) is 0 Å². The van der Waals surface area contributed by atoms with Crippen LogP contribution in [0.5, 0.6) is 0 Å². The van der Waals surface area contributed by atoms with E-state index < -0.39 is 5.54 Å². The maximum Gasteiger partial charge on any atom is 0.243 e. The Morgan fingerprint density at radius 2 is 1.89 bits per heavy atom. The minimum Gasteiger partial charge on any atom is -0.371 e. The van der Waals surface area contributed by atoms with Crippen molar-refractivity contribution in [3.8, 4) is 0 Å². The van der Waals surface area contributed by atoms with E-state index in [2.05, 4.69) is 19.2 Å². The standard InChI is InChI=1S/C15H21ClN2O/c1-14(2)6-8-15(9-7-14,13(17)19)18-12-5-3-4-11(16)10-12/h3-5,10,18H,6-9H2,1-2H3,(H2,17,19). The van der Waals surface area contributed by atoms with Gasteiger partial charge in [0.1, 0.15) is 5.54 Å². The minimum atomic E-state index is -0.639. The molecule has 0 saturated heterocycles. The predicted octanol–water partition coefficient (Wildman–Crippen LogP) is 3.58. The number of amides is 1. The van der Waals surface area contributed by atoms with E-state index in [1.165, 1.54) is 0 Å². The number of hydrogen-bond donors (Lipinski definition) is 2.